The van der Waals surface area contributed by atoms with E-state index in [0.717, 1.165) is 27.8 Å². The van der Waals surface area contributed by atoms with Crippen molar-refractivity contribution in [1.82, 2.24) is 9.78 Å². The van der Waals surface area contributed by atoms with Gasteiger partial charge in [-0.25, -0.2) is 9.48 Å². The summed E-state index contributed by atoms with van der Waals surface area (Å²) in [5.41, 5.74) is 6.49. The van der Waals surface area contributed by atoms with E-state index in [4.69, 9.17) is 0 Å². The van der Waals surface area contributed by atoms with Crippen LogP contribution in [0.5, 0.6) is 0 Å². The van der Waals surface area contributed by atoms with Crippen LogP contribution in [0.2, 0.25) is 0 Å². The number of benzene rings is 4. The number of azo groups is 1. The molecule has 7 nitrogen and oxygen atoms in total. The van der Waals surface area contributed by atoms with Gasteiger partial charge in [0.05, 0.1) is 22.6 Å². The number of nitrogens with one attached hydrogen (secondary N) is 1. The first-order valence-corrected chi connectivity index (χ1v) is 11.7. The molecule has 2 N–H and O–H groups in total. The van der Waals surface area contributed by atoms with E-state index in [-0.39, 0.29) is 16.8 Å². The Balaban J connectivity index is 1.57. The van der Waals surface area contributed by atoms with Crippen molar-refractivity contribution >= 4 is 17.3 Å². The second kappa shape index (κ2) is 9.91. The maximum atomic E-state index is 13.5. The van der Waals surface area contributed by atoms with Gasteiger partial charge in [0, 0.05) is 5.56 Å². The Morgan fingerprint density at radius 3 is 2.19 bits per heavy atom. The van der Waals surface area contributed by atoms with E-state index in [1.165, 1.54) is 4.68 Å². The van der Waals surface area contributed by atoms with Gasteiger partial charge in [-0.05, 0) is 72.5 Å². The van der Waals surface area contributed by atoms with Gasteiger partial charge in [-0.3, -0.25) is 9.89 Å². The number of aromatic carboxylic acids is 1. The average molecular weight is 489 g/mol. The summed E-state index contributed by atoms with van der Waals surface area (Å²) < 4.78 is 1.48. The fraction of sp³-hybridized carbons (Fsp3) is 0.0667. The zero-order valence-electron chi connectivity index (χ0n) is 20.3. The maximum absolute atomic E-state index is 13.5. The van der Waals surface area contributed by atoms with E-state index in [1.54, 1.807) is 30.3 Å². The highest BCUT2D eigenvalue weighted by Crippen LogP contribution is 2.30. The summed E-state index contributed by atoms with van der Waals surface area (Å²) in [6.07, 6.45) is 0. The van der Waals surface area contributed by atoms with Gasteiger partial charge in [0.2, 0.25) is 0 Å². The molecule has 0 saturated heterocycles. The van der Waals surface area contributed by atoms with Crippen molar-refractivity contribution in [2.75, 3.05) is 0 Å². The first-order valence-electron chi connectivity index (χ1n) is 11.7. The second-order valence-corrected chi connectivity index (χ2v) is 8.75. The van der Waals surface area contributed by atoms with Gasteiger partial charge in [0.25, 0.3) is 5.56 Å². The van der Waals surface area contributed by atoms with Gasteiger partial charge in [-0.2, -0.15) is 5.11 Å². The molecule has 0 saturated carbocycles. The molecule has 0 amide bonds. The molecule has 0 fully saturated rings. The van der Waals surface area contributed by atoms with Crippen molar-refractivity contribution in [3.63, 3.8) is 0 Å². The van der Waals surface area contributed by atoms with Gasteiger partial charge >= 0.3 is 5.97 Å². The highest BCUT2D eigenvalue weighted by molar-refractivity contribution is 5.89. The Morgan fingerprint density at radius 1 is 0.757 bits per heavy atom. The predicted molar refractivity (Wildman–Crippen MR) is 144 cm³/mol. The topological polar surface area (TPSA) is 99.8 Å². The first kappa shape index (κ1) is 23.7. The van der Waals surface area contributed by atoms with Gasteiger partial charge in [0.1, 0.15) is 0 Å². The Labute approximate surface area is 213 Å². The first-order chi connectivity index (χ1) is 17.9. The molecule has 0 unspecified atom stereocenters. The molecule has 7 heteroatoms. The van der Waals surface area contributed by atoms with Gasteiger partial charge in [-0.15, -0.1) is 5.11 Å². The van der Waals surface area contributed by atoms with Crippen LogP contribution in [0.25, 0.3) is 28.1 Å². The number of carboxylic acid groups (broad SMARTS) is 1. The normalized spacial score (nSPS) is 11.2. The maximum Gasteiger partial charge on any atom is 0.335 e. The molecule has 0 atom stereocenters. The Morgan fingerprint density at radius 2 is 1.46 bits per heavy atom. The summed E-state index contributed by atoms with van der Waals surface area (Å²) in [7, 11) is 0. The number of aromatic amines is 1. The lowest BCUT2D eigenvalue weighted by atomic mass is 10.0. The van der Waals surface area contributed by atoms with Crippen LogP contribution in [-0.2, 0) is 0 Å². The summed E-state index contributed by atoms with van der Waals surface area (Å²) in [5.74, 6) is -0.987. The molecule has 0 aliphatic heterocycles. The molecule has 1 aromatic heterocycles. The fourth-order valence-electron chi connectivity index (χ4n) is 4.06. The zero-order valence-corrected chi connectivity index (χ0v) is 20.3. The number of carboxylic acids is 1. The van der Waals surface area contributed by atoms with Crippen LogP contribution >= 0.6 is 0 Å². The SMILES string of the molecule is Cc1ccc(-n2[nH]c(-c3ccccc3)c(N=Nc3cccc(-c4cccc(C(=O)O)c4)c3)c2=O)cc1C. The van der Waals surface area contributed by atoms with Crippen LogP contribution in [-0.4, -0.2) is 20.9 Å². The number of aromatic nitrogens is 2. The van der Waals surface area contributed by atoms with Crippen molar-refractivity contribution in [3.8, 4) is 28.1 Å². The molecule has 5 rings (SSSR count). The lowest BCUT2D eigenvalue weighted by molar-refractivity contribution is 0.0697. The zero-order chi connectivity index (χ0) is 25.9. The standard InChI is InChI=1S/C30H24N4O3/c1-19-14-15-26(16-20(19)2)34-29(35)28(27(33-34)21-8-4-3-5-9-21)32-31-25-13-7-11-23(18-25)22-10-6-12-24(17-22)30(36)37/h3-18,33H,1-2H3,(H,36,37). The summed E-state index contributed by atoms with van der Waals surface area (Å²) in [6, 6.07) is 29.3. The molecule has 0 radical (unpaired) electrons. The number of hydrogen-bond donors (Lipinski definition) is 2. The molecule has 0 aliphatic rings. The van der Waals surface area contributed by atoms with Crippen molar-refractivity contribution in [2.45, 2.75) is 13.8 Å². The van der Waals surface area contributed by atoms with Gasteiger partial charge < -0.3 is 5.11 Å². The molecule has 0 bridgehead atoms. The van der Waals surface area contributed by atoms with Crippen molar-refractivity contribution < 1.29 is 9.90 Å². The summed E-state index contributed by atoms with van der Waals surface area (Å²) in [5, 5.41) is 21.3. The highest BCUT2D eigenvalue weighted by Gasteiger charge is 2.17. The molecule has 0 aliphatic carbocycles. The molecule has 182 valence electrons. The third-order valence-electron chi connectivity index (χ3n) is 6.23. The largest absolute Gasteiger partial charge is 0.478 e. The second-order valence-electron chi connectivity index (χ2n) is 8.75. The highest BCUT2D eigenvalue weighted by atomic mass is 16.4. The third-order valence-corrected chi connectivity index (χ3v) is 6.23. The van der Waals surface area contributed by atoms with Crippen molar-refractivity contribution in [3.05, 3.63) is 124 Å². The minimum absolute atomic E-state index is 0.197. The van der Waals surface area contributed by atoms with E-state index in [9.17, 15) is 14.7 Å². The van der Waals surface area contributed by atoms with E-state index < -0.39 is 5.97 Å². The minimum Gasteiger partial charge on any atom is -0.478 e. The number of rotatable bonds is 6. The van der Waals surface area contributed by atoms with Crippen LogP contribution in [0.15, 0.2) is 112 Å². The van der Waals surface area contributed by atoms with E-state index >= 15 is 0 Å². The van der Waals surface area contributed by atoms with Crippen LogP contribution in [0, 0.1) is 13.8 Å². The molecule has 1 heterocycles. The van der Waals surface area contributed by atoms with Gasteiger partial charge in [-0.1, -0.05) is 60.7 Å². The third kappa shape index (κ3) is 4.88. The van der Waals surface area contributed by atoms with Crippen LogP contribution in [0.1, 0.15) is 21.5 Å². The van der Waals surface area contributed by atoms with Gasteiger partial charge in [0.15, 0.2) is 5.69 Å². The predicted octanol–water partition coefficient (Wildman–Crippen LogP) is 7.23. The number of nitrogens with zero attached hydrogens (tertiary/aromatic N) is 3. The Kier molecular flexibility index (Phi) is 6.34. The minimum atomic E-state index is -0.987. The molecule has 4 aromatic carbocycles. The van der Waals surface area contributed by atoms with E-state index in [1.807, 2.05) is 80.6 Å². The Bertz CT molecular complexity index is 1700. The smallest absolute Gasteiger partial charge is 0.335 e. The molecule has 37 heavy (non-hydrogen) atoms. The monoisotopic (exact) mass is 488 g/mol. The number of hydrogen-bond acceptors (Lipinski definition) is 4. The number of aryl methyl sites for hydroxylation is 2. The number of carbonyl (C=O) groups is 1. The Hall–Kier alpha value is -5.04. The quantitative estimate of drug-likeness (QED) is 0.247. The van der Waals surface area contributed by atoms with Crippen molar-refractivity contribution in [2.24, 2.45) is 10.2 Å². The van der Waals surface area contributed by atoms with Crippen LogP contribution < -0.4 is 5.56 Å². The summed E-state index contributed by atoms with van der Waals surface area (Å²) >= 11 is 0. The molecular formula is C30H24N4O3. The van der Waals surface area contributed by atoms with Crippen LogP contribution in [0.4, 0.5) is 11.4 Å². The average Bonchev–Trinajstić information content (AvgIpc) is 3.25. The molecule has 5 aromatic rings. The van der Waals surface area contributed by atoms with Crippen molar-refractivity contribution in [1.29, 1.82) is 0 Å². The van der Waals surface area contributed by atoms with Crippen LogP contribution in [0.3, 0.4) is 0 Å². The molecule has 0 spiro atoms. The van der Waals surface area contributed by atoms with E-state index in [2.05, 4.69) is 15.3 Å². The lowest BCUT2D eigenvalue weighted by Gasteiger charge is -2.05. The lowest BCUT2D eigenvalue weighted by Crippen LogP contribution is -2.14. The summed E-state index contributed by atoms with van der Waals surface area (Å²) in [6.45, 7) is 4.03. The summed E-state index contributed by atoms with van der Waals surface area (Å²) in [4.78, 5) is 24.9. The fourth-order valence-corrected chi connectivity index (χ4v) is 4.06. The number of H-pyrrole nitrogens is 1. The molecular weight excluding hydrogens is 464 g/mol. The van der Waals surface area contributed by atoms with E-state index in [0.29, 0.717) is 17.1 Å².